The third-order valence-electron chi connectivity index (χ3n) is 2.83. The van der Waals surface area contributed by atoms with Crippen molar-refractivity contribution < 1.29 is 9.90 Å². The van der Waals surface area contributed by atoms with E-state index in [1.54, 1.807) is 0 Å². The van der Waals surface area contributed by atoms with Crippen molar-refractivity contribution in [1.82, 2.24) is 10.2 Å². The molecule has 2 fully saturated rings. The van der Waals surface area contributed by atoms with Crippen LogP contribution in [0.5, 0.6) is 0 Å². The van der Waals surface area contributed by atoms with Gasteiger partial charge in [0.25, 0.3) is 0 Å². The Hall–Kier alpha value is -0.260. The van der Waals surface area contributed by atoms with Gasteiger partial charge in [0.05, 0.1) is 12.6 Å². The van der Waals surface area contributed by atoms with Gasteiger partial charge in [0.1, 0.15) is 0 Å². The van der Waals surface area contributed by atoms with Gasteiger partial charge >= 0.3 is 0 Å². The van der Waals surface area contributed by atoms with Crippen LogP contribution in [-0.4, -0.2) is 59.2 Å². The lowest BCUT2D eigenvalue weighted by Crippen LogP contribution is -2.51. The Balaban J connectivity index is 1.90. The summed E-state index contributed by atoms with van der Waals surface area (Å²) in [7, 11) is 0. The van der Waals surface area contributed by atoms with Crippen molar-refractivity contribution in [2.24, 2.45) is 0 Å². The fraction of sp³-hybridized carbons (Fsp3) is 0.900. The Morgan fingerprint density at radius 1 is 1.53 bits per heavy atom. The molecule has 1 saturated carbocycles. The summed E-state index contributed by atoms with van der Waals surface area (Å²) >= 11 is 1.83. The van der Waals surface area contributed by atoms with E-state index in [2.05, 4.69) is 5.32 Å². The van der Waals surface area contributed by atoms with Gasteiger partial charge in [-0.3, -0.25) is 4.79 Å². The molecule has 86 valence electrons. The van der Waals surface area contributed by atoms with E-state index in [0.717, 1.165) is 30.9 Å². The molecular weight excluding hydrogens is 212 g/mol. The maximum Gasteiger partial charge on any atom is 0.240 e. The Morgan fingerprint density at radius 3 is 2.87 bits per heavy atom. The molecule has 2 N–H and O–H groups in total. The molecule has 1 aliphatic heterocycles. The number of carbonyl (C=O) groups is 1. The third kappa shape index (κ3) is 2.86. The van der Waals surface area contributed by atoms with Crippen LogP contribution in [0.4, 0.5) is 0 Å². The highest BCUT2D eigenvalue weighted by molar-refractivity contribution is 7.99. The number of carbonyl (C=O) groups excluding carboxylic acids is 1. The van der Waals surface area contributed by atoms with E-state index in [0.29, 0.717) is 12.6 Å². The number of hydrogen-bond acceptors (Lipinski definition) is 4. The number of aliphatic hydroxyl groups is 1. The summed E-state index contributed by atoms with van der Waals surface area (Å²) in [5.41, 5.74) is 0. The standard InChI is InChI=1S/C10H18N2O2S/c13-5-4-12(8-1-2-8)10(14)9-7-15-6-3-11-9/h8-9,11,13H,1-7H2. The van der Waals surface area contributed by atoms with Crippen molar-refractivity contribution in [3.05, 3.63) is 0 Å². The Labute approximate surface area is 94.4 Å². The molecule has 2 aliphatic rings. The number of nitrogens with one attached hydrogen (secondary N) is 1. The van der Waals surface area contributed by atoms with Crippen LogP contribution in [-0.2, 0) is 4.79 Å². The molecule has 0 aromatic heterocycles. The lowest BCUT2D eigenvalue weighted by molar-refractivity contribution is -0.134. The van der Waals surface area contributed by atoms with Gasteiger partial charge in [0.2, 0.25) is 5.91 Å². The van der Waals surface area contributed by atoms with Gasteiger partial charge in [-0.05, 0) is 12.8 Å². The molecule has 1 unspecified atom stereocenters. The first kappa shape index (κ1) is 11.2. The topological polar surface area (TPSA) is 52.6 Å². The number of hydrogen-bond donors (Lipinski definition) is 2. The molecule has 0 spiro atoms. The summed E-state index contributed by atoms with van der Waals surface area (Å²) in [6.07, 6.45) is 2.21. The predicted molar refractivity (Wildman–Crippen MR) is 60.9 cm³/mol. The number of rotatable bonds is 4. The zero-order chi connectivity index (χ0) is 10.7. The molecule has 1 aliphatic carbocycles. The largest absolute Gasteiger partial charge is 0.395 e. The molecule has 1 saturated heterocycles. The summed E-state index contributed by atoms with van der Waals surface area (Å²) in [4.78, 5) is 14.0. The molecule has 2 rings (SSSR count). The maximum absolute atomic E-state index is 12.1. The van der Waals surface area contributed by atoms with Crippen molar-refractivity contribution in [2.75, 3.05) is 31.2 Å². The first-order chi connectivity index (χ1) is 7.33. The van der Waals surface area contributed by atoms with Gasteiger partial charge in [0, 0.05) is 30.6 Å². The molecule has 0 aromatic rings. The minimum Gasteiger partial charge on any atom is -0.395 e. The van der Waals surface area contributed by atoms with Crippen molar-refractivity contribution in [3.8, 4) is 0 Å². The van der Waals surface area contributed by atoms with Crippen molar-refractivity contribution in [2.45, 2.75) is 24.9 Å². The second kappa shape index (κ2) is 5.18. The lowest BCUT2D eigenvalue weighted by atomic mass is 10.2. The molecular formula is C10H18N2O2S. The van der Waals surface area contributed by atoms with Crippen LogP contribution in [0.25, 0.3) is 0 Å². The minimum atomic E-state index is -0.0316. The molecule has 1 atom stereocenters. The van der Waals surface area contributed by atoms with Crippen molar-refractivity contribution in [1.29, 1.82) is 0 Å². The first-order valence-corrected chi connectivity index (χ1v) is 6.71. The summed E-state index contributed by atoms with van der Waals surface area (Å²) in [5, 5.41) is 12.2. The molecule has 1 amide bonds. The second-order valence-electron chi connectivity index (χ2n) is 4.07. The highest BCUT2D eigenvalue weighted by Gasteiger charge is 2.35. The van der Waals surface area contributed by atoms with E-state index in [1.165, 1.54) is 0 Å². The summed E-state index contributed by atoms with van der Waals surface area (Å²) in [6, 6.07) is 0.370. The van der Waals surface area contributed by atoms with Crippen LogP contribution in [0.1, 0.15) is 12.8 Å². The Bertz CT molecular complexity index is 227. The number of aliphatic hydroxyl groups excluding tert-OH is 1. The molecule has 15 heavy (non-hydrogen) atoms. The fourth-order valence-corrected chi connectivity index (χ4v) is 2.82. The Kier molecular flexibility index (Phi) is 3.88. The van der Waals surface area contributed by atoms with Crippen LogP contribution >= 0.6 is 11.8 Å². The normalized spacial score (nSPS) is 26.3. The highest BCUT2D eigenvalue weighted by Crippen LogP contribution is 2.27. The van der Waals surface area contributed by atoms with Crippen LogP contribution in [0, 0.1) is 0 Å². The minimum absolute atomic E-state index is 0.0316. The third-order valence-corrected chi connectivity index (χ3v) is 3.89. The molecule has 1 heterocycles. The quantitative estimate of drug-likeness (QED) is 0.695. The molecule has 0 aromatic carbocycles. The van der Waals surface area contributed by atoms with E-state index in [4.69, 9.17) is 5.11 Å². The van der Waals surface area contributed by atoms with Crippen molar-refractivity contribution in [3.63, 3.8) is 0 Å². The van der Waals surface area contributed by atoms with Gasteiger partial charge in [-0.15, -0.1) is 0 Å². The van der Waals surface area contributed by atoms with Crippen molar-refractivity contribution >= 4 is 17.7 Å². The maximum atomic E-state index is 12.1. The predicted octanol–water partition coefficient (Wildman–Crippen LogP) is -0.325. The average Bonchev–Trinajstić information content (AvgIpc) is 3.10. The van der Waals surface area contributed by atoms with E-state index in [1.807, 2.05) is 16.7 Å². The summed E-state index contributed by atoms with van der Waals surface area (Å²) in [6.45, 7) is 1.48. The number of amides is 1. The van der Waals surface area contributed by atoms with Crippen LogP contribution < -0.4 is 5.32 Å². The van der Waals surface area contributed by atoms with E-state index in [-0.39, 0.29) is 18.6 Å². The molecule has 0 bridgehead atoms. The van der Waals surface area contributed by atoms with Gasteiger partial charge in [-0.25, -0.2) is 0 Å². The van der Waals surface area contributed by atoms with E-state index < -0.39 is 0 Å². The summed E-state index contributed by atoms with van der Waals surface area (Å²) < 4.78 is 0. The van der Waals surface area contributed by atoms with Gasteiger partial charge in [-0.2, -0.15) is 11.8 Å². The van der Waals surface area contributed by atoms with Crippen LogP contribution in [0.2, 0.25) is 0 Å². The number of thioether (sulfide) groups is 1. The SMILES string of the molecule is O=C(C1CSCCN1)N(CCO)C1CC1. The smallest absolute Gasteiger partial charge is 0.240 e. The van der Waals surface area contributed by atoms with E-state index in [9.17, 15) is 4.79 Å². The van der Waals surface area contributed by atoms with Crippen LogP contribution in [0.15, 0.2) is 0 Å². The lowest BCUT2D eigenvalue weighted by Gasteiger charge is -2.29. The van der Waals surface area contributed by atoms with Gasteiger partial charge < -0.3 is 15.3 Å². The highest BCUT2D eigenvalue weighted by atomic mass is 32.2. The number of nitrogens with zero attached hydrogens (tertiary/aromatic N) is 1. The molecule has 4 nitrogen and oxygen atoms in total. The Morgan fingerprint density at radius 2 is 2.33 bits per heavy atom. The molecule has 5 heteroatoms. The first-order valence-electron chi connectivity index (χ1n) is 5.55. The van der Waals surface area contributed by atoms with Crippen LogP contribution in [0.3, 0.4) is 0 Å². The van der Waals surface area contributed by atoms with E-state index >= 15 is 0 Å². The fourth-order valence-electron chi connectivity index (χ4n) is 1.89. The van der Waals surface area contributed by atoms with Gasteiger partial charge in [0.15, 0.2) is 0 Å². The monoisotopic (exact) mass is 230 g/mol. The molecule has 0 radical (unpaired) electrons. The summed E-state index contributed by atoms with van der Waals surface area (Å²) in [5.74, 6) is 2.14. The zero-order valence-electron chi connectivity index (χ0n) is 8.82. The second-order valence-corrected chi connectivity index (χ2v) is 5.22. The average molecular weight is 230 g/mol. The zero-order valence-corrected chi connectivity index (χ0v) is 9.63. The van der Waals surface area contributed by atoms with Gasteiger partial charge in [-0.1, -0.05) is 0 Å².